The average molecular weight is 289 g/mol. The molecule has 0 unspecified atom stereocenters. The molecule has 0 aliphatic carbocycles. The molecule has 1 aliphatic rings. The maximum absolute atomic E-state index is 5.41. The summed E-state index contributed by atoms with van der Waals surface area (Å²) in [5, 5.41) is 0. The minimum Gasteiger partial charge on any atom is -0.381 e. The number of ether oxygens (including phenoxy) is 1. The molecule has 1 heterocycles. The van der Waals surface area contributed by atoms with Crippen LogP contribution in [0, 0.1) is 0 Å². The van der Waals surface area contributed by atoms with Crippen molar-refractivity contribution in [3.63, 3.8) is 0 Å². The van der Waals surface area contributed by atoms with E-state index in [1.54, 1.807) is 0 Å². The van der Waals surface area contributed by atoms with Crippen molar-refractivity contribution in [2.75, 3.05) is 18.6 Å². The van der Waals surface area contributed by atoms with Gasteiger partial charge in [-0.15, -0.1) is 0 Å². The van der Waals surface area contributed by atoms with Crippen LogP contribution >= 0.6 is 23.3 Å². The van der Waals surface area contributed by atoms with Gasteiger partial charge in [-0.05, 0) is 56.2 Å². The Morgan fingerprint density at radius 2 is 1.80 bits per heavy atom. The fourth-order valence-corrected chi connectivity index (χ4v) is 6.38. The second-order valence-corrected chi connectivity index (χ2v) is 10.5. The summed E-state index contributed by atoms with van der Waals surface area (Å²) in [6.07, 6.45) is 2.85. The molecule has 1 aliphatic heterocycles. The van der Waals surface area contributed by atoms with Crippen LogP contribution in [0.1, 0.15) is 12.8 Å². The second-order valence-electron chi connectivity index (χ2n) is 3.94. The normalized spacial score (nSPS) is 35.7. The molecule has 1 fully saturated rings. The summed E-state index contributed by atoms with van der Waals surface area (Å²) in [7, 11) is 1.09. The lowest BCUT2D eigenvalue weighted by molar-refractivity contribution is 0.0957. The standard InChI is InChI=1S/C12H17BrOS/c1-14-11-7-9-15(13,10-8-11)12-5-3-2-4-6-12/h2-6,11H,7-10H2,1H3. The van der Waals surface area contributed by atoms with Crippen molar-refractivity contribution in [2.24, 2.45) is 0 Å². The molecule has 15 heavy (non-hydrogen) atoms. The lowest BCUT2D eigenvalue weighted by atomic mass is 10.2. The molecule has 0 bridgehead atoms. The first-order valence-electron chi connectivity index (χ1n) is 5.31. The summed E-state index contributed by atoms with van der Waals surface area (Å²) in [4.78, 5) is 1.49. The van der Waals surface area contributed by atoms with Crippen LogP contribution in [0.25, 0.3) is 0 Å². The van der Waals surface area contributed by atoms with E-state index in [-0.39, 0.29) is 0 Å². The third-order valence-electron chi connectivity index (χ3n) is 3.03. The van der Waals surface area contributed by atoms with E-state index >= 15 is 0 Å². The minimum absolute atomic E-state index is 0.479. The Balaban J connectivity index is 2.10. The lowest BCUT2D eigenvalue weighted by Crippen LogP contribution is -2.23. The summed E-state index contributed by atoms with van der Waals surface area (Å²) in [6, 6.07) is 10.8. The fourth-order valence-electron chi connectivity index (χ4n) is 2.02. The second kappa shape index (κ2) is 4.89. The highest BCUT2D eigenvalue weighted by atomic mass is 79.9. The Labute approximate surface area is 101 Å². The van der Waals surface area contributed by atoms with Crippen LogP contribution in [-0.2, 0) is 4.74 Å². The number of benzene rings is 1. The SMILES string of the molecule is COC1CCS(Br)(c2ccccc2)CC1. The maximum Gasteiger partial charge on any atom is 0.0586 e. The molecule has 0 saturated carbocycles. The van der Waals surface area contributed by atoms with Crippen molar-refractivity contribution in [3.8, 4) is 0 Å². The van der Waals surface area contributed by atoms with Gasteiger partial charge < -0.3 is 4.74 Å². The molecule has 84 valence electrons. The van der Waals surface area contributed by atoms with E-state index in [1.165, 1.54) is 29.2 Å². The molecule has 1 aromatic rings. The van der Waals surface area contributed by atoms with Crippen LogP contribution in [0.15, 0.2) is 35.2 Å². The van der Waals surface area contributed by atoms with Gasteiger partial charge in [0.25, 0.3) is 0 Å². The van der Waals surface area contributed by atoms with Crippen LogP contribution in [0.2, 0.25) is 0 Å². The summed E-state index contributed by atoms with van der Waals surface area (Å²) in [6.45, 7) is 0. The number of rotatable bonds is 2. The Bertz CT molecular complexity index is 307. The Hall–Kier alpha value is 0.0100. The molecule has 0 radical (unpaired) electrons. The summed E-state index contributed by atoms with van der Waals surface area (Å²) < 4.78 is 5.41. The first-order valence-corrected chi connectivity index (χ1v) is 9.12. The van der Waals surface area contributed by atoms with E-state index in [0.29, 0.717) is 6.10 Å². The summed E-state index contributed by atoms with van der Waals surface area (Å²) in [5.74, 6) is 2.49. The van der Waals surface area contributed by atoms with Crippen molar-refractivity contribution >= 4 is 23.3 Å². The van der Waals surface area contributed by atoms with Crippen LogP contribution in [-0.4, -0.2) is 24.7 Å². The molecule has 1 nitrogen and oxygen atoms in total. The van der Waals surface area contributed by atoms with E-state index < -0.39 is 8.46 Å². The summed E-state index contributed by atoms with van der Waals surface area (Å²) in [5.41, 5.74) is 0. The third kappa shape index (κ3) is 2.58. The van der Waals surface area contributed by atoms with Gasteiger partial charge in [-0.25, -0.2) is 0 Å². The Kier molecular flexibility index (Phi) is 3.75. The molecule has 0 aromatic heterocycles. The van der Waals surface area contributed by atoms with Gasteiger partial charge in [-0.3, -0.25) is 0 Å². The van der Waals surface area contributed by atoms with Gasteiger partial charge in [0.2, 0.25) is 0 Å². The fraction of sp³-hybridized carbons (Fsp3) is 0.500. The predicted octanol–water partition coefficient (Wildman–Crippen LogP) is 3.97. The van der Waals surface area contributed by atoms with E-state index in [9.17, 15) is 0 Å². The third-order valence-corrected chi connectivity index (χ3v) is 8.97. The smallest absolute Gasteiger partial charge is 0.0586 e. The van der Waals surface area contributed by atoms with Gasteiger partial charge in [0.1, 0.15) is 0 Å². The lowest BCUT2D eigenvalue weighted by Gasteiger charge is -2.40. The van der Waals surface area contributed by atoms with Crippen LogP contribution in [0.3, 0.4) is 0 Å². The van der Waals surface area contributed by atoms with Crippen molar-refractivity contribution in [1.29, 1.82) is 0 Å². The highest BCUT2D eigenvalue weighted by Crippen LogP contribution is 2.65. The number of halogens is 1. The minimum atomic E-state index is -0.729. The molecule has 0 amide bonds. The molecule has 0 atom stereocenters. The predicted molar refractivity (Wildman–Crippen MR) is 71.0 cm³/mol. The number of methoxy groups -OCH3 is 1. The van der Waals surface area contributed by atoms with Crippen LogP contribution in [0.4, 0.5) is 0 Å². The van der Waals surface area contributed by atoms with Crippen LogP contribution < -0.4 is 0 Å². The van der Waals surface area contributed by atoms with Gasteiger partial charge in [0.05, 0.1) is 6.10 Å². The quantitative estimate of drug-likeness (QED) is 0.800. The van der Waals surface area contributed by atoms with E-state index in [2.05, 4.69) is 45.1 Å². The molecule has 0 N–H and O–H groups in total. The Morgan fingerprint density at radius 3 is 2.33 bits per heavy atom. The van der Waals surface area contributed by atoms with E-state index in [0.717, 1.165) is 0 Å². The molecular weight excluding hydrogens is 272 g/mol. The topological polar surface area (TPSA) is 9.23 Å². The van der Waals surface area contributed by atoms with Crippen molar-refractivity contribution < 1.29 is 4.74 Å². The van der Waals surface area contributed by atoms with Gasteiger partial charge in [-0.1, -0.05) is 18.2 Å². The van der Waals surface area contributed by atoms with Crippen molar-refractivity contribution in [3.05, 3.63) is 30.3 Å². The van der Waals surface area contributed by atoms with E-state index in [1.807, 2.05) is 7.11 Å². The van der Waals surface area contributed by atoms with E-state index in [4.69, 9.17) is 4.74 Å². The van der Waals surface area contributed by atoms with Crippen molar-refractivity contribution in [2.45, 2.75) is 23.8 Å². The average Bonchev–Trinajstić information content (AvgIpc) is 2.31. The highest BCUT2D eigenvalue weighted by molar-refractivity contribution is 9.58. The molecule has 1 aromatic carbocycles. The number of hydrogen-bond acceptors (Lipinski definition) is 1. The zero-order chi connectivity index (χ0) is 10.7. The molecular formula is C12H17BrOS. The van der Waals surface area contributed by atoms with Gasteiger partial charge in [0.15, 0.2) is 0 Å². The largest absolute Gasteiger partial charge is 0.381 e. The zero-order valence-corrected chi connectivity index (χ0v) is 11.4. The van der Waals surface area contributed by atoms with Gasteiger partial charge in [0, 0.05) is 7.11 Å². The molecule has 2 rings (SSSR count). The summed E-state index contributed by atoms with van der Waals surface area (Å²) >= 11 is 3.99. The van der Waals surface area contributed by atoms with Gasteiger partial charge >= 0.3 is 0 Å². The monoisotopic (exact) mass is 288 g/mol. The van der Waals surface area contributed by atoms with Crippen molar-refractivity contribution in [1.82, 2.24) is 0 Å². The van der Waals surface area contributed by atoms with Crippen LogP contribution in [0.5, 0.6) is 0 Å². The molecule has 0 spiro atoms. The molecule has 3 heteroatoms. The zero-order valence-electron chi connectivity index (χ0n) is 8.99. The maximum atomic E-state index is 5.41. The van der Waals surface area contributed by atoms with Gasteiger partial charge in [-0.2, -0.15) is 8.46 Å². The highest BCUT2D eigenvalue weighted by Gasteiger charge is 2.29. The first-order chi connectivity index (χ1) is 7.24. The Morgan fingerprint density at radius 1 is 1.20 bits per heavy atom. The first kappa shape index (κ1) is 11.5. The molecule has 1 saturated heterocycles. The number of hydrogen-bond donors (Lipinski definition) is 0.